The highest BCUT2D eigenvalue weighted by atomic mass is 19.1. The van der Waals surface area contributed by atoms with Crippen molar-refractivity contribution in [2.45, 2.75) is 6.42 Å². The summed E-state index contributed by atoms with van der Waals surface area (Å²) in [5.41, 5.74) is 1.69. The number of rotatable bonds is 4. The lowest BCUT2D eigenvalue weighted by Crippen LogP contribution is -1.95. The number of nitriles is 1. The predicted octanol–water partition coefficient (Wildman–Crippen LogP) is 3.58. The summed E-state index contributed by atoms with van der Waals surface area (Å²) >= 11 is 0. The van der Waals surface area contributed by atoms with Gasteiger partial charge >= 0.3 is 0 Å². The SMILES string of the molecule is COc1cccc(-c2ccc(CC#N)cc2F)c1OC. The average molecular weight is 271 g/mol. The van der Waals surface area contributed by atoms with Crippen LogP contribution in [0.25, 0.3) is 11.1 Å². The molecule has 0 saturated carbocycles. The smallest absolute Gasteiger partial charge is 0.168 e. The molecular weight excluding hydrogens is 257 g/mol. The summed E-state index contributed by atoms with van der Waals surface area (Å²) in [5.74, 6) is 0.650. The quantitative estimate of drug-likeness (QED) is 0.853. The van der Waals surface area contributed by atoms with Crippen LogP contribution in [0, 0.1) is 17.1 Å². The Labute approximate surface area is 117 Å². The highest BCUT2D eigenvalue weighted by molar-refractivity contribution is 5.74. The summed E-state index contributed by atoms with van der Waals surface area (Å²) < 4.78 is 24.7. The van der Waals surface area contributed by atoms with Gasteiger partial charge in [0.1, 0.15) is 5.82 Å². The molecule has 0 fully saturated rings. The second-order valence-corrected chi connectivity index (χ2v) is 4.19. The minimum Gasteiger partial charge on any atom is -0.493 e. The first-order valence-corrected chi connectivity index (χ1v) is 6.08. The largest absolute Gasteiger partial charge is 0.493 e. The number of para-hydroxylation sites is 1. The molecule has 0 bridgehead atoms. The molecule has 3 nitrogen and oxygen atoms in total. The fraction of sp³-hybridized carbons (Fsp3) is 0.188. The molecular formula is C16H14FNO2. The van der Waals surface area contributed by atoms with E-state index in [1.807, 2.05) is 6.07 Å². The molecule has 0 aromatic heterocycles. The first-order valence-electron chi connectivity index (χ1n) is 6.08. The molecule has 0 amide bonds. The molecule has 0 unspecified atom stereocenters. The third-order valence-corrected chi connectivity index (χ3v) is 3.01. The number of methoxy groups -OCH3 is 2. The maximum atomic E-state index is 14.2. The van der Waals surface area contributed by atoms with E-state index in [2.05, 4.69) is 0 Å². The van der Waals surface area contributed by atoms with Crippen LogP contribution in [-0.2, 0) is 6.42 Å². The van der Waals surface area contributed by atoms with E-state index < -0.39 is 0 Å². The highest BCUT2D eigenvalue weighted by Crippen LogP contribution is 2.38. The van der Waals surface area contributed by atoms with Crippen molar-refractivity contribution in [2.24, 2.45) is 0 Å². The zero-order valence-corrected chi connectivity index (χ0v) is 11.3. The summed E-state index contributed by atoms with van der Waals surface area (Å²) in [6, 6.07) is 12.1. The minimum absolute atomic E-state index is 0.187. The van der Waals surface area contributed by atoms with Crippen LogP contribution in [0.1, 0.15) is 5.56 Å². The van der Waals surface area contributed by atoms with E-state index in [9.17, 15) is 4.39 Å². The van der Waals surface area contributed by atoms with Crippen LogP contribution in [-0.4, -0.2) is 14.2 Å². The van der Waals surface area contributed by atoms with Crippen molar-refractivity contribution < 1.29 is 13.9 Å². The van der Waals surface area contributed by atoms with Crippen LogP contribution in [0.5, 0.6) is 11.5 Å². The number of benzene rings is 2. The lowest BCUT2D eigenvalue weighted by molar-refractivity contribution is 0.356. The number of hydrogen-bond acceptors (Lipinski definition) is 3. The Morgan fingerprint density at radius 3 is 2.50 bits per heavy atom. The molecule has 0 radical (unpaired) electrons. The molecule has 2 aromatic rings. The Hall–Kier alpha value is -2.54. The monoisotopic (exact) mass is 271 g/mol. The first-order chi connectivity index (χ1) is 9.71. The van der Waals surface area contributed by atoms with Gasteiger partial charge in [0.05, 0.1) is 26.7 Å². The lowest BCUT2D eigenvalue weighted by Gasteiger charge is -2.13. The average Bonchev–Trinajstić information content (AvgIpc) is 2.47. The second kappa shape index (κ2) is 6.07. The molecule has 0 aliphatic heterocycles. The molecule has 0 aliphatic carbocycles. The molecule has 4 heteroatoms. The molecule has 2 rings (SSSR count). The van der Waals surface area contributed by atoms with E-state index in [0.717, 1.165) is 0 Å². The Morgan fingerprint density at radius 1 is 1.10 bits per heavy atom. The first kappa shape index (κ1) is 13.9. The number of nitrogens with zero attached hydrogens (tertiary/aromatic N) is 1. The van der Waals surface area contributed by atoms with Gasteiger partial charge in [-0.05, 0) is 17.7 Å². The molecule has 0 aliphatic rings. The maximum absolute atomic E-state index is 14.2. The zero-order chi connectivity index (χ0) is 14.5. The molecule has 0 atom stereocenters. The van der Waals surface area contributed by atoms with Gasteiger partial charge in [-0.15, -0.1) is 0 Å². The summed E-state index contributed by atoms with van der Waals surface area (Å²) in [4.78, 5) is 0. The van der Waals surface area contributed by atoms with Gasteiger partial charge < -0.3 is 9.47 Å². The molecule has 0 heterocycles. The van der Waals surface area contributed by atoms with Gasteiger partial charge in [-0.3, -0.25) is 0 Å². The Balaban J connectivity index is 2.54. The van der Waals surface area contributed by atoms with Gasteiger partial charge in [-0.2, -0.15) is 5.26 Å². The second-order valence-electron chi connectivity index (χ2n) is 4.19. The van der Waals surface area contributed by atoms with Crippen LogP contribution in [0.2, 0.25) is 0 Å². The molecule has 102 valence electrons. The third-order valence-electron chi connectivity index (χ3n) is 3.01. The number of halogens is 1. The Kier molecular flexibility index (Phi) is 4.21. The van der Waals surface area contributed by atoms with Gasteiger partial charge in [-0.25, -0.2) is 4.39 Å². The van der Waals surface area contributed by atoms with Crippen LogP contribution >= 0.6 is 0 Å². The van der Waals surface area contributed by atoms with Crippen LogP contribution in [0.15, 0.2) is 36.4 Å². The normalized spacial score (nSPS) is 9.90. The van der Waals surface area contributed by atoms with E-state index in [1.54, 1.807) is 30.3 Å². The van der Waals surface area contributed by atoms with Crippen molar-refractivity contribution in [3.05, 3.63) is 47.8 Å². The molecule has 20 heavy (non-hydrogen) atoms. The zero-order valence-electron chi connectivity index (χ0n) is 11.3. The standard InChI is InChI=1S/C16H14FNO2/c1-19-15-5-3-4-13(16(15)20-2)12-7-6-11(8-9-18)10-14(12)17/h3-7,10H,8H2,1-2H3. The Bertz CT molecular complexity index is 662. The molecule has 0 N–H and O–H groups in total. The Morgan fingerprint density at radius 2 is 1.90 bits per heavy atom. The van der Waals surface area contributed by atoms with Crippen molar-refractivity contribution in [1.82, 2.24) is 0 Å². The number of ether oxygens (including phenoxy) is 2. The van der Waals surface area contributed by atoms with Crippen LogP contribution < -0.4 is 9.47 Å². The van der Waals surface area contributed by atoms with Crippen molar-refractivity contribution in [2.75, 3.05) is 14.2 Å². The van der Waals surface area contributed by atoms with Crippen LogP contribution in [0.3, 0.4) is 0 Å². The number of hydrogen-bond donors (Lipinski definition) is 0. The summed E-state index contributed by atoms with van der Waals surface area (Å²) in [6.07, 6.45) is 0.187. The van der Waals surface area contributed by atoms with Crippen LogP contribution in [0.4, 0.5) is 4.39 Å². The van der Waals surface area contributed by atoms with Gasteiger partial charge in [0.15, 0.2) is 11.5 Å². The fourth-order valence-electron chi connectivity index (χ4n) is 2.08. The summed E-state index contributed by atoms with van der Waals surface area (Å²) in [6.45, 7) is 0. The van der Waals surface area contributed by atoms with E-state index >= 15 is 0 Å². The third kappa shape index (κ3) is 2.57. The maximum Gasteiger partial charge on any atom is 0.168 e. The van der Waals surface area contributed by atoms with Crippen molar-refractivity contribution >= 4 is 0 Å². The minimum atomic E-state index is -0.385. The topological polar surface area (TPSA) is 42.2 Å². The van der Waals surface area contributed by atoms with E-state index in [0.29, 0.717) is 28.2 Å². The van der Waals surface area contributed by atoms with E-state index in [1.165, 1.54) is 20.3 Å². The van der Waals surface area contributed by atoms with Crippen molar-refractivity contribution in [3.63, 3.8) is 0 Å². The molecule has 2 aromatic carbocycles. The fourth-order valence-corrected chi connectivity index (χ4v) is 2.08. The molecule has 0 spiro atoms. The summed E-state index contributed by atoms with van der Waals surface area (Å²) in [7, 11) is 3.05. The van der Waals surface area contributed by atoms with Gasteiger partial charge in [0.25, 0.3) is 0 Å². The molecule has 0 saturated heterocycles. The van der Waals surface area contributed by atoms with Gasteiger partial charge in [0.2, 0.25) is 0 Å². The van der Waals surface area contributed by atoms with Crippen molar-refractivity contribution in [3.8, 4) is 28.7 Å². The highest BCUT2D eigenvalue weighted by Gasteiger charge is 2.14. The van der Waals surface area contributed by atoms with Gasteiger partial charge in [-0.1, -0.05) is 24.3 Å². The van der Waals surface area contributed by atoms with E-state index in [-0.39, 0.29) is 12.2 Å². The van der Waals surface area contributed by atoms with Crippen molar-refractivity contribution in [1.29, 1.82) is 5.26 Å². The predicted molar refractivity (Wildman–Crippen MR) is 74.3 cm³/mol. The summed E-state index contributed by atoms with van der Waals surface area (Å²) in [5, 5.41) is 8.64. The van der Waals surface area contributed by atoms with E-state index in [4.69, 9.17) is 14.7 Å². The van der Waals surface area contributed by atoms with Gasteiger partial charge in [0, 0.05) is 11.1 Å². The lowest BCUT2D eigenvalue weighted by atomic mass is 10.0.